The Morgan fingerprint density at radius 1 is 1.12 bits per heavy atom. The molecule has 0 atom stereocenters. The molecule has 0 aliphatic heterocycles. The number of carbonyl (C=O) groups is 1. The van der Waals surface area contributed by atoms with Gasteiger partial charge in [-0.2, -0.15) is 18.0 Å². The van der Waals surface area contributed by atoms with Gasteiger partial charge in [-0.1, -0.05) is 0 Å². The van der Waals surface area contributed by atoms with E-state index in [2.05, 4.69) is 10.2 Å². The monoisotopic (exact) mass is 350 g/mol. The van der Waals surface area contributed by atoms with Crippen LogP contribution in [-0.4, -0.2) is 34.2 Å². The van der Waals surface area contributed by atoms with E-state index in [-0.39, 0.29) is 5.69 Å². The van der Waals surface area contributed by atoms with Crippen LogP contribution in [-0.2, 0) is 4.79 Å². The van der Waals surface area contributed by atoms with Gasteiger partial charge in [0.05, 0.1) is 12.8 Å². The highest BCUT2D eigenvalue weighted by Crippen LogP contribution is 2.25. The number of alkyl halides is 3. The molecule has 0 aliphatic carbocycles. The van der Waals surface area contributed by atoms with Crippen molar-refractivity contribution in [3.63, 3.8) is 0 Å². The predicted octanol–water partition coefficient (Wildman–Crippen LogP) is 3.24. The van der Waals surface area contributed by atoms with Crippen molar-refractivity contribution in [2.24, 2.45) is 0 Å². The van der Waals surface area contributed by atoms with Crippen LogP contribution in [0.3, 0.4) is 0 Å². The Labute approximate surface area is 140 Å². The highest BCUT2D eigenvalue weighted by Gasteiger charge is 2.38. The Bertz CT molecular complexity index is 933. The number of rotatable bonds is 3. The summed E-state index contributed by atoms with van der Waals surface area (Å²) in [5.74, 6) is -1.36. The zero-order valence-corrected chi connectivity index (χ0v) is 13.3. The first-order chi connectivity index (χ1) is 11.8. The number of ether oxygens (including phenoxy) is 1. The van der Waals surface area contributed by atoms with Gasteiger partial charge in [-0.15, -0.1) is 10.2 Å². The lowest BCUT2D eigenvalue weighted by Gasteiger charge is -2.09. The normalized spacial score (nSPS) is 11.6. The molecule has 0 saturated heterocycles. The lowest BCUT2D eigenvalue weighted by atomic mass is 10.1. The minimum Gasteiger partial charge on any atom is -0.497 e. The van der Waals surface area contributed by atoms with Crippen LogP contribution < -0.4 is 10.1 Å². The molecule has 1 aromatic heterocycles. The van der Waals surface area contributed by atoms with Gasteiger partial charge < -0.3 is 10.1 Å². The molecule has 25 heavy (non-hydrogen) atoms. The Morgan fingerprint density at radius 3 is 2.28 bits per heavy atom. The molecule has 1 amide bonds. The van der Waals surface area contributed by atoms with E-state index in [1.54, 1.807) is 44.4 Å². The average molecular weight is 350 g/mol. The number of anilines is 1. The molecule has 2 aromatic carbocycles. The number of hydrogen-bond acceptors (Lipinski definition) is 4. The first-order valence-corrected chi connectivity index (χ1v) is 7.18. The van der Waals surface area contributed by atoms with E-state index in [0.29, 0.717) is 28.0 Å². The largest absolute Gasteiger partial charge is 0.497 e. The van der Waals surface area contributed by atoms with Crippen LogP contribution in [0, 0.1) is 6.92 Å². The minimum absolute atomic E-state index is 0.0385. The first kappa shape index (κ1) is 16.7. The fraction of sp³-hybridized carbons (Fsp3) is 0.188. The van der Waals surface area contributed by atoms with Gasteiger partial charge in [0.1, 0.15) is 16.8 Å². The van der Waals surface area contributed by atoms with E-state index in [1.165, 1.54) is 10.9 Å². The zero-order chi connectivity index (χ0) is 18.2. The molecule has 0 fully saturated rings. The molecular weight excluding hydrogens is 337 g/mol. The maximum atomic E-state index is 12.4. The van der Waals surface area contributed by atoms with E-state index in [9.17, 15) is 18.0 Å². The third-order valence-corrected chi connectivity index (χ3v) is 3.54. The third kappa shape index (κ3) is 3.39. The van der Waals surface area contributed by atoms with Crippen molar-refractivity contribution < 1.29 is 22.7 Å². The standard InChI is InChI=1S/C16H13F3N4O2/c1-9-7-13-14(8-12(9)20-15(24)16(17,18)19)22-23(21-13)10-3-5-11(25-2)6-4-10/h3-8H,1-2H3,(H,20,24). The van der Waals surface area contributed by atoms with Crippen LogP contribution in [0.2, 0.25) is 0 Å². The molecule has 1 N–H and O–H groups in total. The van der Waals surface area contributed by atoms with Gasteiger partial charge in [0.15, 0.2) is 0 Å². The van der Waals surface area contributed by atoms with Crippen molar-refractivity contribution in [1.29, 1.82) is 0 Å². The Kier molecular flexibility index (Phi) is 4.07. The molecule has 0 radical (unpaired) electrons. The number of amides is 1. The SMILES string of the molecule is COc1ccc(-n2nc3cc(C)c(NC(=O)C(F)(F)F)cc3n2)cc1. The molecule has 3 rings (SSSR count). The Balaban J connectivity index is 1.96. The van der Waals surface area contributed by atoms with E-state index in [0.717, 1.165) is 0 Å². The third-order valence-electron chi connectivity index (χ3n) is 3.54. The van der Waals surface area contributed by atoms with Crippen LogP contribution in [0.25, 0.3) is 16.7 Å². The summed E-state index contributed by atoms with van der Waals surface area (Å²) in [5.41, 5.74) is 2.01. The lowest BCUT2D eigenvalue weighted by molar-refractivity contribution is -0.167. The van der Waals surface area contributed by atoms with Crippen molar-refractivity contribution in [1.82, 2.24) is 15.0 Å². The molecule has 0 saturated carbocycles. The number of nitrogens with one attached hydrogen (secondary N) is 1. The van der Waals surface area contributed by atoms with Crippen molar-refractivity contribution in [2.75, 3.05) is 12.4 Å². The number of nitrogens with zero attached hydrogens (tertiary/aromatic N) is 3. The summed E-state index contributed by atoms with van der Waals surface area (Å²) >= 11 is 0. The number of benzene rings is 2. The molecule has 6 nitrogen and oxygen atoms in total. The van der Waals surface area contributed by atoms with E-state index < -0.39 is 12.1 Å². The summed E-state index contributed by atoms with van der Waals surface area (Å²) in [5, 5.41) is 10.4. The van der Waals surface area contributed by atoms with Gasteiger partial charge in [-0.3, -0.25) is 4.79 Å². The fourth-order valence-electron chi connectivity index (χ4n) is 2.23. The molecular formula is C16H13F3N4O2. The molecule has 0 aliphatic rings. The maximum absolute atomic E-state index is 12.4. The number of carbonyl (C=O) groups excluding carboxylic acids is 1. The lowest BCUT2D eigenvalue weighted by Crippen LogP contribution is -2.30. The number of methoxy groups -OCH3 is 1. The molecule has 0 bridgehead atoms. The summed E-state index contributed by atoms with van der Waals surface area (Å²) in [6.45, 7) is 1.58. The maximum Gasteiger partial charge on any atom is 0.471 e. The molecule has 0 unspecified atom stereocenters. The molecule has 3 aromatic rings. The summed E-state index contributed by atoms with van der Waals surface area (Å²) in [6, 6.07) is 9.90. The summed E-state index contributed by atoms with van der Waals surface area (Å²) < 4.78 is 42.3. The second-order valence-corrected chi connectivity index (χ2v) is 5.30. The van der Waals surface area contributed by atoms with Crippen molar-refractivity contribution in [3.8, 4) is 11.4 Å². The second-order valence-electron chi connectivity index (χ2n) is 5.30. The van der Waals surface area contributed by atoms with Crippen molar-refractivity contribution >= 4 is 22.6 Å². The number of aromatic nitrogens is 3. The predicted molar refractivity (Wildman–Crippen MR) is 84.8 cm³/mol. The van der Waals surface area contributed by atoms with Gasteiger partial charge in [0.25, 0.3) is 0 Å². The number of fused-ring (bicyclic) bond motifs is 1. The molecule has 130 valence electrons. The Morgan fingerprint density at radius 2 is 1.72 bits per heavy atom. The fourth-order valence-corrected chi connectivity index (χ4v) is 2.23. The van der Waals surface area contributed by atoms with Gasteiger partial charge in [-0.05, 0) is 48.9 Å². The van der Waals surface area contributed by atoms with Gasteiger partial charge in [0.2, 0.25) is 0 Å². The van der Waals surface area contributed by atoms with E-state index >= 15 is 0 Å². The van der Waals surface area contributed by atoms with Gasteiger partial charge in [0, 0.05) is 5.69 Å². The number of aryl methyl sites for hydroxylation is 1. The van der Waals surface area contributed by atoms with Gasteiger partial charge in [-0.25, -0.2) is 0 Å². The van der Waals surface area contributed by atoms with Crippen LogP contribution >= 0.6 is 0 Å². The van der Waals surface area contributed by atoms with Crippen LogP contribution in [0.1, 0.15) is 5.56 Å². The quantitative estimate of drug-likeness (QED) is 0.787. The zero-order valence-electron chi connectivity index (χ0n) is 13.3. The second kappa shape index (κ2) is 6.08. The summed E-state index contributed by atoms with van der Waals surface area (Å²) in [6.07, 6.45) is -4.96. The molecule has 9 heteroatoms. The average Bonchev–Trinajstić information content (AvgIpc) is 2.97. The van der Waals surface area contributed by atoms with Crippen LogP contribution in [0.4, 0.5) is 18.9 Å². The van der Waals surface area contributed by atoms with E-state index in [4.69, 9.17) is 4.74 Å². The Hall–Kier alpha value is -3.10. The van der Waals surface area contributed by atoms with Crippen LogP contribution in [0.15, 0.2) is 36.4 Å². The van der Waals surface area contributed by atoms with E-state index in [1.807, 2.05) is 5.32 Å². The highest BCUT2D eigenvalue weighted by atomic mass is 19.4. The van der Waals surface area contributed by atoms with Crippen molar-refractivity contribution in [2.45, 2.75) is 13.1 Å². The van der Waals surface area contributed by atoms with Crippen LogP contribution in [0.5, 0.6) is 5.75 Å². The van der Waals surface area contributed by atoms with Crippen molar-refractivity contribution in [3.05, 3.63) is 42.0 Å². The highest BCUT2D eigenvalue weighted by molar-refractivity contribution is 5.97. The molecule has 1 heterocycles. The topological polar surface area (TPSA) is 69.0 Å². The number of hydrogen-bond donors (Lipinski definition) is 1. The molecule has 0 spiro atoms. The summed E-state index contributed by atoms with van der Waals surface area (Å²) in [4.78, 5) is 12.5. The van der Waals surface area contributed by atoms with Gasteiger partial charge >= 0.3 is 12.1 Å². The first-order valence-electron chi connectivity index (χ1n) is 7.18. The smallest absolute Gasteiger partial charge is 0.471 e. The summed E-state index contributed by atoms with van der Waals surface area (Å²) in [7, 11) is 1.55. The number of halogens is 3. The minimum atomic E-state index is -4.96.